The Morgan fingerprint density at radius 1 is 1.45 bits per heavy atom. The Morgan fingerprint density at radius 3 is 3.00 bits per heavy atom. The lowest BCUT2D eigenvalue weighted by Crippen LogP contribution is -2.33. The van der Waals surface area contributed by atoms with Crippen molar-refractivity contribution in [2.45, 2.75) is 38.0 Å². The molecule has 0 spiro atoms. The van der Waals surface area contributed by atoms with Gasteiger partial charge in [0, 0.05) is 16.1 Å². The van der Waals surface area contributed by atoms with Crippen molar-refractivity contribution < 1.29 is 9.21 Å². The largest absolute Gasteiger partial charge is 0.411 e. The predicted molar refractivity (Wildman–Crippen MR) is 90.7 cm³/mol. The number of thioether (sulfide) groups is 1. The molecule has 5 nitrogen and oxygen atoms in total. The summed E-state index contributed by atoms with van der Waals surface area (Å²) in [7, 11) is 0. The smallest absolute Gasteiger partial charge is 0.277 e. The number of nitrogens with one attached hydrogen (secondary N) is 1. The van der Waals surface area contributed by atoms with E-state index in [0.29, 0.717) is 11.1 Å². The van der Waals surface area contributed by atoms with E-state index in [4.69, 9.17) is 4.42 Å². The van der Waals surface area contributed by atoms with Gasteiger partial charge in [-0.2, -0.15) is 0 Å². The van der Waals surface area contributed by atoms with Gasteiger partial charge in [0.25, 0.3) is 5.22 Å². The summed E-state index contributed by atoms with van der Waals surface area (Å²) in [6, 6.07) is 7.82. The molecule has 0 radical (unpaired) electrons. The van der Waals surface area contributed by atoms with Crippen molar-refractivity contribution in [3.05, 3.63) is 28.7 Å². The molecule has 1 aromatic carbocycles. The van der Waals surface area contributed by atoms with E-state index >= 15 is 0 Å². The number of rotatable bonds is 7. The lowest BCUT2D eigenvalue weighted by atomic mass is 10.2. The van der Waals surface area contributed by atoms with Gasteiger partial charge in [0.2, 0.25) is 11.8 Å². The molecule has 0 unspecified atom stereocenters. The number of nitrogens with zero attached hydrogens (tertiary/aromatic N) is 2. The molecule has 1 atom stereocenters. The number of benzene rings is 1. The first-order valence-electron chi connectivity index (χ1n) is 7.10. The van der Waals surface area contributed by atoms with Crippen LogP contribution in [0.15, 0.2) is 38.4 Å². The Kier molecular flexibility index (Phi) is 6.45. The highest BCUT2D eigenvalue weighted by molar-refractivity contribution is 9.10. The van der Waals surface area contributed by atoms with Crippen LogP contribution < -0.4 is 5.32 Å². The molecule has 1 aromatic heterocycles. The quantitative estimate of drug-likeness (QED) is 0.734. The molecule has 1 N–H and O–H groups in total. The monoisotopic (exact) mass is 383 g/mol. The van der Waals surface area contributed by atoms with E-state index in [9.17, 15) is 4.79 Å². The van der Waals surface area contributed by atoms with E-state index in [2.05, 4.69) is 38.4 Å². The highest BCUT2D eigenvalue weighted by atomic mass is 79.9. The second-order valence-corrected chi connectivity index (χ2v) is 6.77. The van der Waals surface area contributed by atoms with E-state index in [1.807, 2.05) is 31.2 Å². The Balaban J connectivity index is 1.88. The van der Waals surface area contributed by atoms with E-state index in [1.165, 1.54) is 11.8 Å². The molecule has 0 fully saturated rings. The number of hydrogen-bond acceptors (Lipinski definition) is 5. The highest BCUT2D eigenvalue weighted by Crippen LogP contribution is 2.25. The van der Waals surface area contributed by atoms with Crippen LogP contribution in [0.5, 0.6) is 0 Å². The van der Waals surface area contributed by atoms with E-state index in [0.717, 1.165) is 22.9 Å². The van der Waals surface area contributed by atoms with Crippen LogP contribution in [0.25, 0.3) is 11.5 Å². The Labute approximate surface area is 142 Å². The standard InChI is InChI=1S/C15H18BrN3O2S/c1-3-5-10(2)17-13(20)9-22-15-19-18-14(21-15)11-6-4-7-12(16)8-11/h4,6-8,10H,3,5,9H2,1-2H3,(H,17,20)/t10-/m1/s1. The van der Waals surface area contributed by atoms with Crippen LogP contribution >= 0.6 is 27.7 Å². The van der Waals surface area contributed by atoms with Gasteiger partial charge in [-0.3, -0.25) is 4.79 Å². The number of halogens is 1. The van der Waals surface area contributed by atoms with Crippen LogP contribution in [0, 0.1) is 0 Å². The minimum Gasteiger partial charge on any atom is -0.411 e. The Bertz CT molecular complexity index is 633. The average molecular weight is 384 g/mol. The molecule has 7 heteroatoms. The molecule has 0 aliphatic heterocycles. The summed E-state index contributed by atoms with van der Waals surface area (Å²) in [4.78, 5) is 11.8. The third-order valence-corrected chi connectivity index (χ3v) is 4.25. The van der Waals surface area contributed by atoms with E-state index in [-0.39, 0.29) is 17.7 Å². The molecule has 2 rings (SSSR count). The van der Waals surface area contributed by atoms with Gasteiger partial charge < -0.3 is 9.73 Å². The third kappa shape index (κ3) is 5.14. The maximum atomic E-state index is 11.8. The SMILES string of the molecule is CCC[C@@H](C)NC(=O)CSc1nnc(-c2cccc(Br)c2)o1. The zero-order valence-corrected chi connectivity index (χ0v) is 14.9. The van der Waals surface area contributed by atoms with Crippen molar-refractivity contribution >= 4 is 33.6 Å². The molecule has 2 aromatic rings. The zero-order valence-electron chi connectivity index (χ0n) is 12.5. The molecule has 0 saturated carbocycles. The van der Waals surface area contributed by atoms with Crippen LogP contribution in [-0.4, -0.2) is 27.9 Å². The minimum atomic E-state index is -0.0202. The summed E-state index contributed by atoms with van der Waals surface area (Å²) in [6.45, 7) is 4.10. The zero-order chi connectivity index (χ0) is 15.9. The molecule has 0 aliphatic rings. The topological polar surface area (TPSA) is 68.0 Å². The molecule has 1 heterocycles. The van der Waals surface area contributed by atoms with Gasteiger partial charge in [-0.05, 0) is 31.5 Å². The second-order valence-electron chi connectivity index (χ2n) is 4.93. The maximum absolute atomic E-state index is 11.8. The van der Waals surface area contributed by atoms with Crippen molar-refractivity contribution in [3.8, 4) is 11.5 Å². The maximum Gasteiger partial charge on any atom is 0.277 e. The summed E-state index contributed by atoms with van der Waals surface area (Å²) < 4.78 is 6.51. The molecule has 118 valence electrons. The van der Waals surface area contributed by atoms with Crippen LogP contribution in [0.1, 0.15) is 26.7 Å². The van der Waals surface area contributed by atoms with Crippen molar-refractivity contribution in [2.24, 2.45) is 0 Å². The molecule has 0 saturated heterocycles. The van der Waals surface area contributed by atoms with E-state index < -0.39 is 0 Å². The summed E-state index contributed by atoms with van der Waals surface area (Å²) in [5.74, 6) is 0.700. The number of carbonyl (C=O) groups excluding carboxylic acids is 1. The summed E-state index contributed by atoms with van der Waals surface area (Å²) in [5, 5.41) is 11.3. The number of aromatic nitrogens is 2. The number of hydrogen-bond donors (Lipinski definition) is 1. The van der Waals surface area contributed by atoms with Crippen molar-refractivity contribution in [2.75, 3.05) is 5.75 Å². The van der Waals surface area contributed by atoms with Gasteiger partial charge in [0.1, 0.15) is 0 Å². The normalized spacial score (nSPS) is 12.1. The van der Waals surface area contributed by atoms with Gasteiger partial charge in [0.15, 0.2) is 0 Å². The van der Waals surface area contributed by atoms with Crippen LogP contribution in [0.2, 0.25) is 0 Å². The molecule has 22 heavy (non-hydrogen) atoms. The van der Waals surface area contributed by atoms with Gasteiger partial charge >= 0.3 is 0 Å². The molecular formula is C15H18BrN3O2S. The number of carbonyl (C=O) groups is 1. The Morgan fingerprint density at radius 2 is 2.27 bits per heavy atom. The second kappa shape index (κ2) is 8.33. The summed E-state index contributed by atoms with van der Waals surface area (Å²) in [6.07, 6.45) is 2.03. The molecule has 1 amide bonds. The van der Waals surface area contributed by atoms with Gasteiger partial charge in [-0.25, -0.2) is 0 Å². The summed E-state index contributed by atoms with van der Waals surface area (Å²) >= 11 is 4.65. The van der Waals surface area contributed by atoms with Crippen molar-refractivity contribution in [1.29, 1.82) is 0 Å². The van der Waals surface area contributed by atoms with Crippen molar-refractivity contribution in [3.63, 3.8) is 0 Å². The lowest BCUT2D eigenvalue weighted by Gasteiger charge is -2.11. The minimum absolute atomic E-state index is 0.0202. The first-order valence-corrected chi connectivity index (χ1v) is 8.88. The van der Waals surface area contributed by atoms with Crippen LogP contribution in [-0.2, 0) is 4.79 Å². The fraction of sp³-hybridized carbons (Fsp3) is 0.400. The van der Waals surface area contributed by atoms with Gasteiger partial charge in [-0.15, -0.1) is 10.2 Å². The molecular weight excluding hydrogens is 366 g/mol. The van der Waals surface area contributed by atoms with Gasteiger partial charge in [0.05, 0.1) is 5.75 Å². The lowest BCUT2D eigenvalue weighted by molar-refractivity contribution is -0.119. The fourth-order valence-electron chi connectivity index (χ4n) is 1.96. The predicted octanol–water partition coefficient (Wildman–Crippen LogP) is 3.90. The van der Waals surface area contributed by atoms with Crippen molar-refractivity contribution in [1.82, 2.24) is 15.5 Å². The fourth-order valence-corrected chi connectivity index (χ4v) is 2.93. The van der Waals surface area contributed by atoms with Crippen LogP contribution in [0.3, 0.4) is 0 Å². The molecule has 0 bridgehead atoms. The number of amides is 1. The first-order chi connectivity index (χ1) is 10.6. The average Bonchev–Trinajstić information content (AvgIpc) is 2.94. The van der Waals surface area contributed by atoms with Gasteiger partial charge in [-0.1, -0.05) is 47.1 Å². The third-order valence-electron chi connectivity index (χ3n) is 2.93. The van der Waals surface area contributed by atoms with Crippen LogP contribution in [0.4, 0.5) is 0 Å². The highest BCUT2D eigenvalue weighted by Gasteiger charge is 2.12. The first kappa shape index (κ1) is 17.0. The summed E-state index contributed by atoms with van der Waals surface area (Å²) in [5.41, 5.74) is 0.842. The Hall–Kier alpha value is -1.34. The molecule has 0 aliphatic carbocycles. The van der Waals surface area contributed by atoms with E-state index in [1.54, 1.807) is 0 Å².